The Morgan fingerprint density at radius 3 is 2.40 bits per heavy atom. The van der Waals surface area contributed by atoms with E-state index in [1.54, 1.807) is 0 Å². The van der Waals surface area contributed by atoms with Gasteiger partial charge in [0.15, 0.2) is 5.79 Å². The molecule has 11 aliphatic rings. The molecule has 0 amide bonds. The molecule has 19 atom stereocenters. The zero-order chi connectivity index (χ0) is 36.0. The maximum atomic E-state index is 14.1. The van der Waals surface area contributed by atoms with Crippen molar-refractivity contribution in [2.24, 2.45) is 17.8 Å². The highest BCUT2D eigenvalue weighted by Crippen LogP contribution is 2.54. The molecule has 0 aromatic heterocycles. The number of nitrogens with one attached hydrogen (secondary N) is 1. The van der Waals surface area contributed by atoms with E-state index in [1.807, 2.05) is 0 Å². The van der Waals surface area contributed by atoms with Crippen molar-refractivity contribution in [3.63, 3.8) is 0 Å². The van der Waals surface area contributed by atoms with Gasteiger partial charge in [0.1, 0.15) is 36.3 Å². The number of hydrogen-bond donors (Lipinski definition) is 1. The van der Waals surface area contributed by atoms with Crippen LogP contribution in [0.25, 0.3) is 0 Å². The summed E-state index contributed by atoms with van der Waals surface area (Å²) in [5, 5.41) is 3.47. The minimum absolute atomic E-state index is 0.0168. The lowest BCUT2D eigenvalue weighted by Gasteiger charge is -2.47. The largest absolute Gasteiger partial charge is 0.375 e. The lowest BCUT2D eigenvalue weighted by atomic mass is 9.78. The van der Waals surface area contributed by atoms with Gasteiger partial charge in [-0.2, -0.15) is 0 Å². The number of carbonyl (C=O) groups excluding carboxylic acids is 1. The summed E-state index contributed by atoms with van der Waals surface area (Å²) < 4.78 is 60.7. The Morgan fingerprint density at radius 2 is 1.53 bits per heavy atom. The second-order valence-corrected chi connectivity index (χ2v) is 18.4. The molecule has 11 heteroatoms. The number of ketones is 1. The molecule has 0 unspecified atom stereocenters. The number of ether oxygens (including phenoxy) is 9. The molecule has 11 nitrogen and oxygen atoms in total. The summed E-state index contributed by atoms with van der Waals surface area (Å²) in [6.07, 6.45) is 8.55. The Labute approximate surface area is 314 Å². The highest BCUT2D eigenvalue weighted by Gasteiger charge is 2.68. The summed E-state index contributed by atoms with van der Waals surface area (Å²) in [6, 6.07) is 0. The summed E-state index contributed by atoms with van der Waals surface area (Å²) in [7, 11) is 0. The Kier molecular flexibility index (Phi) is 9.74. The smallest absolute Gasteiger partial charge is 0.172 e. The Bertz CT molecular complexity index is 1420. The van der Waals surface area contributed by atoms with Crippen molar-refractivity contribution in [3.05, 3.63) is 24.3 Å². The van der Waals surface area contributed by atoms with Crippen LogP contribution in [0.5, 0.6) is 0 Å². The fraction of sp³-hybridized carbons (Fsp3) is 0.881. The molecular formula is C42H61NO10. The van der Waals surface area contributed by atoms with E-state index in [9.17, 15) is 4.79 Å². The second-order valence-electron chi connectivity index (χ2n) is 18.4. The molecule has 53 heavy (non-hydrogen) atoms. The molecule has 11 rings (SSSR count). The van der Waals surface area contributed by atoms with Crippen molar-refractivity contribution in [2.45, 2.75) is 195 Å². The topological polar surface area (TPSA) is 112 Å². The number of morpholine rings is 1. The maximum absolute atomic E-state index is 14.1. The van der Waals surface area contributed by atoms with Gasteiger partial charge in [-0.25, -0.2) is 0 Å². The number of carbonyl (C=O) groups is 1. The summed E-state index contributed by atoms with van der Waals surface area (Å²) in [4.78, 5) is 14.1. The summed E-state index contributed by atoms with van der Waals surface area (Å²) in [6.45, 7) is 16.0. The predicted molar refractivity (Wildman–Crippen MR) is 192 cm³/mol. The van der Waals surface area contributed by atoms with Gasteiger partial charge in [-0.3, -0.25) is 4.79 Å². The molecule has 11 saturated heterocycles. The fourth-order valence-electron chi connectivity index (χ4n) is 11.9. The molecule has 11 aliphatic heterocycles. The van der Waals surface area contributed by atoms with Crippen LogP contribution in [-0.2, 0) is 47.4 Å². The van der Waals surface area contributed by atoms with Gasteiger partial charge in [0.25, 0.3) is 0 Å². The normalized spacial score (nSPS) is 54.1. The minimum atomic E-state index is -0.750. The van der Waals surface area contributed by atoms with Crippen molar-refractivity contribution < 1.29 is 47.4 Å². The van der Waals surface area contributed by atoms with E-state index in [-0.39, 0.29) is 109 Å². The zero-order valence-corrected chi connectivity index (χ0v) is 31.7. The van der Waals surface area contributed by atoms with Crippen LogP contribution in [0.2, 0.25) is 0 Å². The average molecular weight is 740 g/mol. The van der Waals surface area contributed by atoms with Crippen LogP contribution < -0.4 is 5.32 Å². The molecule has 0 saturated carbocycles. The van der Waals surface area contributed by atoms with E-state index >= 15 is 0 Å². The van der Waals surface area contributed by atoms with Gasteiger partial charge in [0.05, 0.1) is 67.6 Å². The molecule has 294 valence electrons. The van der Waals surface area contributed by atoms with Crippen molar-refractivity contribution in [3.8, 4) is 0 Å². The first-order valence-corrected chi connectivity index (χ1v) is 21.2. The third kappa shape index (κ3) is 6.74. The predicted octanol–water partition coefficient (Wildman–Crippen LogP) is 4.73. The van der Waals surface area contributed by atoms with Gasteiger partial charge >= 0.3 is 0 Å². The SMILES string of the molecule is C=C1C[C@@H]2CC[C@@]34C[C@H]5O[C@H]6[C@@H](O3)[C@H]3O[C@H](CC[C@@H]3O[C@H]6[C@H]5O4)CC(=O)C[C@@H]3[C@@H](C)[C@@H](C[C@H]4CNCCO4)O[C@H]3C[C@H]3O[C@@H](CC[C@@H]1O2)C[C@@H](C)C3=C. The van der Waals surface area contributed by atoms with Gasteiger partial charge in [0.2, 0.25) is 0 Å². The van der Waals surface area contributed by atoms with Crippen LogP contribution in [0, 0.1) is 17.8 Å². The molecule has 1 N–H and O–H groups in total. The summed E-state index contributed by atoms with van der Waals surface area (Å²) in [5.41, 5.74) is 2.32. The van der Waals surface area contributed by atoms with Crippen LogP contribution >= 0.6 is 0 Å². The van der Waals surface area contributed by atoms with E-state index in [0.29, 0.717) is 31.6 Å². The van der Waals surface area contributed by atoms with Gasteiger partial charge in [-0.05, 0) is 73.8 Å². The van der Waals surface area contributed by atoms with Crippen LogP contribution in [0.4, 0.5) is 0 Å². The quantitative estimate of drug-likeness (QED) is 0.397. The van der Waals surface area contributed by atoms with Crippen LogP contribution in [0.15, 0.2) is 24.3 Å². The number of rotatable bonds is 2. The molecule has 11 heterocycles. The van der Waals surface area contributed by atoms with E-state index in [4.69, 9.17) is 42.6 Å². The van der Waals surface area contributed by atoms with Gasteiger partial charge < -0.3 is 47.9 Å². The summed E-state index contributed by atoms with van der Waals surface area (Å²) >= 11 is 0. The Balaban J connectivity index is 0.917. The first-order chi connectivity index (χ1) is 25.7. The fourth-order valence-corrected chi connectivity index (χ4v) is 11.9. The van der Waals surface area contributed by atoms with Gasteiger partial charge in [0, 0.05) is 51.6 Å². The zero-order valence-electron chi connectivity index (χ0n) is 31.7. The molecule has 1 spiro atoms. The molecule has 0 aromatic rings. The molecular weight excluding hydrogens is 678 g/mol. The minimum Gasteiger partial charge on any atom is -0.375 e. The lowest BCUT2D eigenvalue weighted by Crippen LogP contribution is -2.61. The highest BCUT2D eigenvalue weighted by molar-refractivity contribution is 5.79. The van der Waals surface area contributed by atoms with E-state index in [1.165, 1.54) is 5.57 Å². The van der Waals surface area contributed by atoms with Crippen LogP contribution in [-0.4, -0.2) is 123 Å². The van der Waals surface area contributed by atoms with E-state index in [2.05, 4.69) is 32.3 Å². The van der Waals surface area contributed by atoms with E-state index < -0.39 is 5.79 Å². The van der Waals surface area contributed by atoms with Gasteiger partial charge in [-0.1, -0.05) is 27.0 Å². The first kappa shape index (κ1) is 36.1. The van der Waals surface area contributed by atoms with Crippen molar-refractivity contribution in [2.75, 3.05) is 19.7 Å². The number of fused-ring (bicyclic) bond motifs is 6. The van der Waals surface area contributed by atoms with Crippen molar-refractivity contribution >= 4 is 5.78 Å². The third-order valence-corrected chi connectivity index (χ3v) is 14.9. The number of hydrogen-bond acceptors (Lipinski definition) is 11. The molecule has 0 aromatic carbocycles. The van der Waals surface area contributed by atoms with Crippen LogP contribution in [0.3, 0.4) is 0 Å². The Hall–Kier alpha value is -1.25. The average Bonchev–Trinajstić information content (AvgIpc) is 3.81. The highest BCUT2D eigenvalue weighted by atomic mass is 16.8. The van der Waals surface area contributed by atoms with Crippen LogP contribution in [0.1, 0.15) is 97.3 Å². The molecule has 0 aliphatic carbocycles. The molecule has 12 bridgehead atoms. The maximum Gasteiger partial charge on any atom is 0.172 e. The van der Waals surface area contributed by atoms with Crippen molar-refractivity contribution in [1.82, 2.24) is 5.32 Å². The van der Waals surface area contributed by atoms with Crippen molar-refractivity contribution in [1.29, 1.82) is 0 Å². The standard InChI is InChI=1S/C42H61NO10/c1-21-13-26-5-7-31-22(2)14-28(46-31)9-10-42-19-36-38(52-42)39-40(51-36)41(53-42)37-32(50-39)8-6-27(48-37)15-25(44)16-30-24(4)33(17-29-20-43-11-12-45-29)49-35(30)18-34(47-26)23(21)3/h21,24,26-41,43H,2-3,5-20H2,1,4H3/t21-,24-,26+,27-,28+,29+,30-,31+,32+,33-,34-,35+,36-,37+,38+,39+,40-,41+,42+/m1/s1. The second kappa shape index (κ2) is 14.3. The van der Waals surface area contributed by atoms with Gasteiger partial charge in [-0.15, -0.1) is 0 Å². The molecule has 0 radical (unpaired) electrons. The first-order valence-electron chi connectivity index (χ1n) is 21.2. The summed E-state index contributed by atoms with van der Waals surface area (Å²) in [5.74, 6) is 0.117. The number of Topliss-reactive ketones (excluding diaryl/α,β-unsaturated/α-hetero) is 1. The molecule has 11 fully saturated rings. The lowest BCUT2D eigenvalue weighted by molar-refractivity contribution is -0.292. The Morgan fingerprint density at radius 1 is 0.736 bits per heavy atom. The van der Waals surface area contributed by atoms with E-state index in [0.717, 1.165) is 83.1 Å². The third-order valence-electron chi connectivity index (χ3n) is 14.9. The monoisotopic (exact) mass is 739 g/mol.